The van der Waals surface area contributed by atoms with Crippen molar-refractivity contribution in [2.24, 2.45) is 23.2 Å². The summed E-state index contributed by atoms with van der Waals surface area (Å²) in [5.41, 5.74) is 1.95. The number of hydrogen-bond acceptors (Lipinski definition) is 1. The lowest BCUT2D eigenvalue weighted by Gasteiger charge is -2.57. The second kappa shape index (κ2) is 7.09. The van der Waals surface area contributed by atoms with Gasteiger partial charge < -0.3 is 10.2 Å². The van der Waals surface area contributed by atoms with Crippen LogP contribution in [0.2, 0.25) is 0 Å². The molecule has 0 heterocycles. The van der Waals surface area contributed by atoms with Gasteiger partial charge in [0.25, 0.3) is 0 Å². The minimum atomic E-state index is 0.163. The smallest absolute Gasteiger partial charge is 0.317 e. The summed E-state index contributed by atoms with van der Waals surface area (Å²) in [5, 5.41) is 3.32. The van der Waals surface area contributed by atoms with E-state index in [2.05, 4.69) is 44.0 Å². The molecule has 4 rings (SSSR count). The molecule has 0 aliphatic heterocycles. The van der Waals surface area contributed by atoms with Crippen LogP contribution in [0.3, 0.4) is 0 Å². The van der Waals surface area contributed by atoms with Gasteiger partial charge in [-0.15, -0.1) is 0 Å². The van der Waals surface area contributed by atoms with E-state index in [9.17, 15) is 4.79 Å². The van der Waals surface area contributed by atoms with E-state index in [0.29, 0.717) is 23.3 Å². The first kappa shape index (κ1) is 17.8. The normalized spacial score (nSPS) is 29.0. The van der Waals surface area contributed by atoms with E-state index >= 15 is 0 Å². The Morgan fingerprint density at radius 1 is 1.29 bits per heavy atom. The average Bonchev–Trinajstić information content (AvgIpc) is 2.54. The zero-order chi connectivity index (χ0) is 17.3. The molecule has 0 spiro atoms. The molecule has 0 saturated heterocycles. The predicted molar refractivity (Wildman–Crippen MR) is 99.9 cm³/mol. The fourth-order valence-corrected chi connectivity index (χ4v) is 5.05. The van der Waals surface area contributed by atoms with Gasteiger partial charge in [-0.2, -0.15) is 0 Å². The van der Waals surface area contributed by atoms with Gasteiger partial charge >= 0.3 is 6.03 Å². The van der Waals surface area contributed by atoms with Crippen molar-refractivity contribution in [1.82, 2.24) is 10.2 Å². The highest BCUT2D eigenvalue weighted by molar-refractivity contribution is 5.75. The van der Waals surface area contributed by atoms with Gasteiger partial charge in [0.2, 0.25) is 0 Å². The quantitative estimate of drug-likeness (QED) is 0.708. The Bertz CT molecular complexity index is 488. The van der Waals surface area contributed by atoms with Crippen molar-refractivity contribution in [1.29, 1.82) is 0 Å². The largest absolute Gasteiger partial charge is 0.335 e. The van der Waals surface area contributed by atoms with Crippen LogP contribution in [0.25, 0.3) is 0 Å². The topological polar surface area (TPSA) is 32.3 Å². The lowest BCUT2D eigenvalue weighted by molar-refractivity contribution is -0.00986. The second-order valence-electron chi connectivity index (χ2n) is 9.38. The zero-order valence-corrected chi connectivity index (χ0v) is 16.1. The number of carbonyl (C=O) groups excluding carboxylic acids is 1. The summed E-state index contributed by atoms with van der Waals surface area (Å²) in [6, 6.07) is 0.557. The van der Waals surface area contributed by atoms with Gasteiger partial charge in [0.15, 0.2) is 0 Å². The molecule has 1 N–H and O–H groups in total. The van der Waals surface area contributed by atoms with Gasteiger partial charge in [-0.1, -0.05) is 58.6 Å². The van der Waals surface area contributed by atoms with Crippen molar-refractivity contribution in [3.05, 3.63) is 11.6 Å². The summed E-state index contributed by atoms with van der Waals surface area (Å²) >= 11 is 0. The maximum absolute atomic E-state index is 12.9. The van der Waals surface area contributed by atoms with Crippen LogP contribution in [0.5, 0.6) is 0 Å². The summed E-state index contributed by atoms with van der Waals surface area (Å²) in [7, 11) is 0. The average molecular weight is 333 g/mol. The molecular weight excluding hydrogens is 296 g/mol. The summed E-state index contributed by atoms with van der Waals surface area (Å²) in [6.07, 6.45) is 11.1. The molecule has 2 atom stereocenters. The Balaban J connectivity index is 1.63. The van der Waals surface area contributed by atoms with Gasteiger partial charge in [-0.3, -0.25) is 0 Å². The maximum atomic E-state index is 12.9. The number of amides is 2. The molecule has 136 valence electrons. The number of nitrogens with one attached hydrogen (secondary N) is 1. The standard InChI is InChI=1S/C21H36N2O/c1-15(2)13-23(20(24)22-18-8-6-5-7-9-18)14-16-10-11-17-12-19(16)21(17,3)4/h10,15,17-19H,5-9,11-14H2,1-4H3,(H,22,24). The molecule has 4 aliphatic rings. The number of fused-ring (bicyclic) bond motifs is 1. The van der Waals surface area contributed by atoms with Crippen LogP contribution < -0.4 is 5.32 Å². The van der Waals surface area contributed by atoms with Gasteiger partial charge in [-0.25, -0.2) is 4.79 Å². The van der Waals surface area contributed by atoms with Crippen molar-refractivity contribution in [3.63, 3.8) is 0 Å². The molecule has 24 heavy (non-hydrogen) atoms. The molecule has 0 aromatic rings. The van der Waals surface area contributed by atoms with E-state index in [1.165, 1.54) is 37.7 Å². The maximum Gasteiger partial charge on any atom is 0.317 e. The highest BCUT2D eigenvalue weighted by Gasteiger charge is 2.51. The van der Waals surface area contributed by atoms with Crippen molar-refractivity contribution in [2.45, 2.75) is 78.7 Å². The summed E-state index contributed by atoms with van der Waals surface area (Å²) in [4.78, 5) is 15.0. The Hall–Kier alpha value is -0.990. The first-order valence-electron chi connectivity index (χ1n) is 10.1. The number of allylic oxidation sites excluding steroid dienone is 1. The molecule has 0 aromatic carbocycles. The Morgan fingerprint density at radius 3 is 2.58 bits per heavy atom. The van der Waals surface area contributed by atoms with E-state index in [0.717, 1.165) is 31.8 Å². The molecule has 2 unspecified atom stereocenters. The van der Waals surface area contributed by atoms with Gasteiger partial charge in [-0.05, 0) is 48.9 Å². The first-order chi connectivity index (χ1) is 11.4. The van der Waals surface area contributed by atoms with Gasteiger partial charge in [0.1, 0.15) is 0 Å². The van der Waals surface area contributed by atoms with Crippen LogP contribution in [-0.4, -0.2) is 30.1 Å². The van der Waals surface area contributed by atoms with Crippen LogP contribution in [0.15, 0.2) is 11.6 Å². The fourth-order valence-electron chi connectivity index (χ4n) is 5.05. The van der Waals surface area contributed by atoms with Crippen LogP contribution >= 0.6 is 0 Å². The summed E-state index contributed by atoms with van der Waals surface area (Å²) < 4.78 is 0. The Labute approximate surface area is 148 Å². The monoisotopic (exact) mass is 332 g/mol. The molecule has 3 nitrogen and oxygen atoms in total. The minimum Gasteiger partial charge on any atom is -0.335 e. The lowest BCUT2D eigenvalue weighted by Crippen LogP contribution is -2.52. The molecule has 2 saturated carbocycles. The van der Waals surface area contributed by atoms with E-state index in [1.807, 2.05) is 0 Å². The van der Waals surface area contributed by atoms with Crippen molar-refractivity contribution >= 4 is 6.03 Å². The van der Waals surface area contributed by atoms with Crippen LogP contribution in [0.4, 0.5) is 4.79 Å². The van der Waals surface area contributed by atoms with Crippen LogP contribution in [0.1, 0.15) is 72.6 Å². The second-order valence-corrected chi connectivity index (χ2v) is 9.38. The van der Waals surface area contributed by atoms with Crippen LogP contribution in [-0.2, 0) is 0 Å². The molecule has 0 radical (unpaired) electrons. The fraction of sp³-hybridized carbons (Fsp3) is 0.857. The number of nitrogens with zero attached hydrogens (tertiary/aromatic N) is 1. The third-order valence-electron chi connectivity index (χ3n) is 6.76. The predicted octanol–water partition coefficient (Wildman–Crippen LogP) is 4.98. The third-order valence-corrected chi connectivity index (χ3v) is 6.76. The van der Waals surface area contributed by atoms with Crippen molar-refractivity contribution in [2.75, 3.05) is 13.1 Å². The lowest BCUT2D eigenvalue weighted by atomic mass is 9.49. The number of hydrogen-bond donors (Lipinski definition) is 1. The van der Waals surface area contributed by atoms with E-state index in [4.69, 9.17) is 0 Å². The summed E-state index contributed by atoms with van der Waals surface area (Å²) in [5.74, 6) is 2.06. The Morgan fingerprint density at radius 2 is 2.00 bits per heavy atom. The molecular formula is C21H36N2O. The van der Waals surface area contributed by atoms with E-state index in [1.54, 1.807) is 0 Å². The minimum absolute atomic E-state index is 0.163. The van der Waals surface area contributed by atoms with Crippen molar-refractivity contribution in [3.8, 4) is 0 Å². The highest BCUT2D eigenvalue weighted by atomic mass is 16.2. The molecule has 2 amide bonds. The molecule has 4 aliphatic carbocycles. The molecule has 3 heteroatoms. The van der Waals surface area contributed by atoms with Crippen molar-refractivity contribution < 1.29 is 4.79 Å². The third kappa shape index (κ3) is 3.65. The number of rotatable bonds is 5. The zero-order valence-electron chi connectivity index (χ0n) is 16.1. The van der Waals surface area contributed by atoms with Gasteiger partial charge in [0, 0.05) is 19.1 Å². The SMILES string of the molecule is CC(C)CN(CC1=CCC2CC1C2(C)C)C(=O)NC1CCCCC1. The summed E-state index contributed by atoms with van der Waals surface area (Å²) in [6.45, 7) is 10.9. The first-order valence-corrected chi connectivity index (χ1v) is 10.1. The number of carbonyl (C=O) groups is 1. The van der Waals surface area contributed by atoms with Crippen LogP contribution in [0, 0.1) is 23.2 Å². The van der Waals surface area contributed by atoms with Gasteiger partial charge in [0.05, 0.1) is 0 Å². The molecule has 0 aromatic heterocycles. The van der Waals surface area contributed by atoms with E-state index < -0.39 is 0 Å². The molecule has 2 bridgehead atoms. The Kier molecular flexibility index (Phi) is 5.27. The number of urea groups is 1. The van der Waals surface area contributed by atoms with E-state index in [-0.39, 0.29) is 6.03 Å². The molecule has 2 fully saturated rings. The highest BCUT2D eigenvalue weighted by Crippen LogP contribution is 2.59.